The van der Waals surface area contributed by atoms with Crippen LogP contribution in [0.1, 0.15) is 62.4 Å². The van der Waals surface area contributed by atoms with E-state index in [-0.39, 0.29) is 35.7 Å². The van der Waals surface area contributed by atoms with Crippen LogP contribution in [0.3, 0.4) is 0 Å². The van der Waals surface area contributed by atoms with Crippen LogP contribution in [0.15, 0.2) is 91.0 Å². The van der Waals surface area contributed by atoms with Gasteiger partial charge in [-0.15, -0.1) is 10.2 Å². The van der Waals surface area contributed by atoms with Crippen molar-refractivity contribution in [2.45, 2.75) is 126 Å². The highest BCUT2D eigenvalue weighted by atomic mass is 32.2. The molecule has 0 spiro atoms. The number of phenolic OH excluding ortho intramolecular Hbond substituents is 1. The smallest absolute Gasteiger partial charge is 0.261 e. The first-order chi connectivity index (χ1) is 43.1. The van der Waals surface area contributed by atoms with E-state index in [2.05, 4.69) is 46.2 Å². The molecule has 4 heterocycles. The number of nitriles is 1. The van der Waals surface area contributed by atoms with Crippen LogP contribution in [0.5, 0.6) is 17.2 Å². The summed E-state index contributed by atoms with van der Waals surface area (Å²) in [7, 11) is 0. The fourth-order valence-electron chi connectivity index (χ4n) is 10.5. The molecule has 4 aromatic carbocycles. The molecule has 3 aliphatic rings. The van der Waals surface area contributed by atoms with Gasteiger partial charge < -0.3 is 81.0 Å². The monoisotopic (exact) mass is 1280 g/mol. The lowest BCUT2D eigenvalue weighted by atomic mass is 9.98. The SMILES string of the molecule is CCCOc1ccc(-c2ccc(-c3nnc(-c4ccc(C(=O)N[C@H]5C[C@H](O)CNC(=O)C6[C@@H](O)C(C)CN6C(=O)[C@H]([C@H](O)CC#N)NC(=O)C([C@H](O)Cc6ccc(O)c(OSOOO)c6)NC(=O)C6CC(O)CN6C(=O)C(C(C)O)NC5=O)cc4)s3)cc2)cc1. The van der Waals surface area contributed by atoms with Gasteiger partial charge >= 0.3 is 0 Å². The summed E-state index contributed by atoms with van der Waals surface area (Å²) >= 11 is 1.36. The van der Waals surface area contributed by atoms with Crippen LogP contribution in [0, 0.1) is 17.2 Å². The number of fused-ring (bicyclic) bond motifs is 2. The zero-order chi connectivity index (χ0) is 64.9. The Hall–Kier alpha value is -8.39. The normalized spacial score (nSPS) is 24.8. The van der Waals surface area contributed by atoms with Gasteiger partial charge in [-0.1, -0.05) is 89.2 Å². The molecule has 7 amide bonds. The first-order valence-electron chi connectivity index (χ1n) is 28.6. The molecular formula is C59H68N10O19S2. The number of amides is 7. The number of β-amino-alcohol motifs (C(OH)–C–C–N with tert-alkyl or cyclic N) is 1. The summed E-state index contributed by atoms with van der Waals surface area (Å²) in [6.45, 7) is 3.61. The van der Waals surface area contributed by atoms with Crippen LogP contribution < -0.4 is 35.5 Å². The lowest BCUT2D eigenvalue weighted by Gasteiger charge is -2.33. The van der Waals surface area contributed by atoms with E-state index < -0.39 is 165 Å². The van der Waals surface area contributed by atoms with Crippen molar-refractivity contribution in [3.8, 4) is 55.6 Å². The Morgan fingerprint density at radius 2 is 1.38 bits per heavy atom. The third-order valence-electron chi connectivity index (χ3n) is 15.3. The number of hydrogen-bond acceptors (Lipinski definition) is 24. The largest absolute Gasteiger partial charge is 0.504 e. The number of aliphatic hydroxyl groups excluding tert-OH is 6. The molecule has 3 saturated heterocycles. The number of aromatic nitrogens is 2. The summed E-state index contributed by atoms with van der Waals surface area (Å²) in [5.41, 5.74) is 3.49. The molecule has 31 heteroatoms. The molecule has 13 atom stereocenters. The van der Waals surface area contributed by atoms with Crippen molar-refractivity contribution in [1.29, 1.82) is 5.26 Å². The van der Waals surface area contributed by atoms with Crippen molar-refractivity contribution >= 4 is 65.0 Å². The summed E-state index contributed by atoms with van der Waals surface area (Å²) < 4.78 is 15.0. The fraction of sp³-hybridized carbons (Fsp3) is 0.424. The Morgan fingerprint density at radius 3 is 2.01 bits per heavy atom. The molecule has 8 rings (SSSR count). The molecule has 0 bridgehead atoms. The van der Waals surface area contributed by atoms with Gasteiger partial charge in [0.2, 0.25) is 35.4 Å². The maximum atomic E-state index is 14.6. The summed E-state index contributed by atoms with van der Waals surface area (Å²) in [6, 6.07) is 15.4. The third-order valence-corrected chi connectivity index (χ3v) is 16.7. The molecule has 0 radical (unpaired) electrons. The van der Waals surface area contributed by atoms with Gasteiger partial charge in [0, 0.05) is 61.5 Å². The van der Waals surface area contributed by atoms with Crippen LogP contribution in [0.4, 0.5) is 0 Å². The van der Waals surface area contributed by atoms with Gasteiger partial charge in [0.15, 0.2) is 11.5 Å². The minimum atomic E-state index is -2.16. The molecule has 7 unspecified atom stereocenters. The number of benzene rings is 4. The van der Waals surface area contributed by atoms with Crippen molar-refractivity contribution in [3.63, 3.8) is 0 Å². The van der Waals surface area contributed by atoms with E-state index in [1.807, 2.05) is 55.5 Å². The molecule has 13 N–H and O–H groups in total. The van der Waals surface area contributed by atoms with Gasteiger partial charge in [-0.2, -0.15) is 5.26 Å². The Morgan fingerprint density at radius 1 is 0.767 bits per heavy atom. The van der Waals surface area contributed by atoms with Crippen LogP contribution in [-0.2, 0) is 44.6 Å². The van der Waals surface area contributed by atoms with Crippen LogP contribution in [0.25, 0.3) is 32.3 Å². The Kier molecular flexibility index (Phi) is 23.2. The highest BCUT2D eigenvalue weighted by molar-refractivity contribution is 7.90. The Labute approximate surface area is 523 Å². The fourth-order valence-corrected chi connectivity index (χ4v) is 11.6. The molecule has 3 aliphatic heterocycles. The number of nitrogens with one attached hydrogen (secondary N) is 5. The maximum Gasteiger partial charge on any atom is 0.261 e. The van der Waals surface area contributed by atoms with Crippen molar-refractivity contribution in [2.75, 3.05) is 26.2 Å². The Bertz CT molecular complexity index is 3390. The third kappa shape index (κ3) is 16.5. The second kappa shape index (κ2) is 30.9. The minimum absolute atomic E-state index is 0.00884. The molecule has 0 aliphatic carbocycles. The molecular weight excluding hydrogens is 1220 g/mol. The standard InChI is InChI=1S/C59H68N10O19S2/c1-4-21-85-39-16-14-33(15-17-39)32-6-10-35(11-7-32)56-66-67-57(89-56)36-12-8-34(9-13-36)51(77)62-40-24-37(71)26-61-55(81)49-50(76)29(2)27-69(49)59(83)48(43(74)19-20-60)65-54(80)47(44(75)22-31-5-18-42(73)45(23-31)86-90-88-87-84)64-53(79)41-25-38(72)28-68(41)58(82)46(30(3)70)63-52(40)78/h5-18,23,29-30,37-38,40-41,43-44,46-50,70-76,84H,4,19,21-22,24-28H2,1-3H3,(H,61,81)(H,62,77)(H,63,78)(H,64,79)(H,65,80)/t29?,30?,37-,38?,40-,41?,43+,44+,46?,47?,48-,49?,50-/m0/s1. The number of carbonyl (C=O) groups is 7. The van der Waals surface area contributed by atoms with E-state index >= 15 is 0 Å². The number of rotatable bonds is 18. The number of hydrogen-bond donors (Lipinski definition) is 13. The van der Waals surface area contributed by atoms with Gasteiger partial charge in [-0.25, -0.2) is 5.26 Å². The molecule has 90 heavy (non-hydrogen) atoms. The number of aromatic hydroxyl groups is 1. The minimum Gasteiger partial charge on any atom is -0.504 e. The predicted molar refractivity (Wildman–Crippen MR) is 318 cm³/mol. The van der Waals surface area contributed by atoms with Gasteiger partial charge in [-0.05, 0) is 66.4 Å². The summed E-state index contributed by atoms with van der Waals surface area (Å²) in [6.07, 6.45) is -12.3. The molecule has 5 aromatic rings. The predicted octanol–water partition coefficient (Wildman–Crippen LogP) is 0.259. The zero-order valence-corrected chi connectivity index (χ0v) is 50.3. The van der Waals surface area contributed by atoms with Crippen LogP contribution in [-0.4, -0.2) is 201 Å². The second-order valence-corrected chi connectivity index (χ2v) is 23.3. The number of phenols is 1. The van der Waals surface area contributed by atoms with Crippen molar-refractivity contribution in [3.05, 3.63) is 102 Å². The zero-order valence-electron chi connectivity index (χ0n) is 48.7. The van der Waals surface area contributed by atoms with Gasteiger partial charge in [0.25, 0.3) is 18.2 Å². The Balaban J connectivity index is 1.06. The van der Waals surface area contributed by atoms with Gasteiger partial charge in [0.05, 0.1) is 55.7 Å². The summed E-state index contributed by atoms with van der Waals surface area (Å²) in [5.74, 6) is -8.91. The van der Waals surface area contributed by atoms with Crippen LogP contribution >= 0.6 is 23.7 Å². The first kappa shape index (κ1) is 67.5. The number of ether oxygens (including phenoxy) is 1. The van der Waals surface area contributed by atoms with E-state index in [1.54, 1.807) is 18.2 Å². The average Bonchev–Trinajstić information content (AvgIpc) is 2.02. The lowest BCUT2D eigenvalue weighted by Crippen LogP contribution is -2.64. The van der Waals surface area contributed by atoms with Crippen LogP contribution in [0.2, 0.25) is 0 Å². The van der Waals surface area contributed by atoms with E-state index in [4.69, 9.17) is 14.2 Å². The molecule has 480 valence electrons. The van der Waals surface area contributed by atoms with Crippen molar-refractivity contribution < 1.29 is 92.9 Å². The van der Waals surface area contributed by atoms with E-state index in [1.165, 1.54) is 36.5 Å². The quantitative estimate of drug-likeness (QED) is 0.0242. The number of nitrogens with zero attached hydrogens (tertiary/aromatic N) is 5. The molecule has 29 nitrogen and oxygen atoms in total. The van der Waals surface area contributed by atoms with Gasteiger partial charge in [0.1, 0.15) is 52.0 Å². The molecule has 1 aromatic heterocycles. The first-order valence-corrected chi connectivity index (χ1v) is 30.0. The molecule has 0 saturated carbocycles. The highest BCUT2D eigenvalue weighted by Crippen LogP contribution is 2.34. The van der Waals surface area contributed by atoms with Crippen molar-refractivity contribution in [1.82, 2.24) is 46.6 Å². The van der Waals surface area contributed by atoms with E-state index in [0.717, 1.165) is 57.7 Å². The molecule has 3 fully saturated rings. The lowest BCUT2D eigenvalue weighted by molar-refractivity contribution is -0.433. The second-order valence-electron chi connectivity index (χ2n) is 21.9. The summed E-state index contributed by atoms with van der Waals surface area (Å²) in [4.78, 5) is 103. The van der Waals surface area contributed by atoms with E-state index in [0.29, 0.717) is 22.2 Å². The summed E-state index contributed by atoms with van der Waals surface area (Å²) in [5, 5.41) is 122. The average molecular weight is 1290 g/mol. The highest BCUT2D eigenvalue weighted by Gasteiger charge is 2.50. The maximum absolute atomic E-state index is 14.6. The topological polar surface area (TPSA) is 434 Å². The number of aliphatic hydroxyl groups is 6. The van der Waals surface area contributed by atoms with Crippen molar-refractivity contribution in [2.24, 2.45) is 5.92 Å². The van der Waals surface area contributed by atoms with Gasteiger partial charge in [-0.3, -0.25) is 33.6 Å². The number of carbonyl (C=O) groups excluding carboxylic acids is 7. The van der Waals surface area contributed by atoms with E-state index in [9.17, 15) is 74.6 Å².